The molecule has 1 rings (SSSR count). The van der Waals surface area contributed by atoms with Gasteiger partial charge in [-0.1, -0.05) is 6.92 Å². The van der Waals surface area contributed by atoms with E-state index in [1.807, 2.05) is 0 Å². The summed E-state index contributed by atoms with van der Waals surface area (Å²) in [6.07, 6.45) is 3.95. The van der Waals surface area contributed by atoms with E-state index in [4.69, 9.17) is 9.47 Å². The molecule has 0 radical (unpaired) electrons. The first-order chi connectivity index (χ1) is 9.30. The number of carbonyl (C=O) groups is 1. The molecule has 0 bridgehead atoms. The summed E-state index contributed by atoms with van der Waals surface area (Å²) < 4.78 is 23.7. The lowest BCUT2D eigenvalue weighted by molar-refractivity contribution is 0.000576. The highest BCUT2D eigenvalue weighted by Gasteiger charge is 2.22. The van der Waals surface area contributed by atoms with Crippen LogP contribution in [0, 0.1) is 5.92 Å². The van der Waals surface area contributed by atoms with Crippen molar-refractivity contribution in [1.29, 1.82) is 0 Å². The van der Waals surface area contributed by atoms with Gasteiger partial charge in [-0.25, -0.2) is 9.18 Å². The van der Waals surface area contributed by atoms with Crippen molar-refractivity contribution in [1.82, 2.24) is 5.32 Å². The van der Waals surface area contributed by atoms with Crippen LogP contribution < -0.4 is 5.32 Å². The van der Waals surface area contributed by atoms with Gasteiger partial charge >= 0.3 is 6.09 Å². The first kappa shape index (κ1) is 17.2. The second-order valence-electron chi connectivity index (χ2n) is 6.71. The number of amides is 1. The van der Waals surface area contributed by atoms with E-state index in [2.05, 4.69) is 12.2 Å². The highest BCUT2D eigenvalue weighted by molar-refractivity contribution is 5.68. The molecule has 0 heterocycles. The zero-order valence-corrected chi connectivity index (χ0v) is 13.1. The fourth-order valence-electron chi connectivity index (χ4n) is 2.25. The Morgan fingerprint density at radius 1 is 1.30 bits per heavy atom. The minimum Gasteiger partial charge on any atom is -0.444 e. The number of hydrogen-bond donors (Lipinski definition) is 1. The molecule has 118 valence electrons. The van der Waals surface area contributed by atoms with Gasteiger partial charge in [0, 0.05) is 0 Å². The summed E-state index contributed by atoms with van der Waals surface area (Å²) in [5.41, 5.74) is -0.578. The molecule has 5 heteroatoms. The molecular formula is C15H28FNO3. The molecule has 1 N–H and O–H groups in total. The SMILES string of the molecule is CC1CCC(OC[C@H](CF)NC(=O)OC(C)(C)C)CC1. The molecule has 4 nitrogen and oxygen atoms in total. The van der Waals surface area contributed by atoms with Crippen molar-refractivity contribution in [3.63, 3.8) is 0 Å². The number of alkyl halides is 1. The second kappa shape index (κ2) is 7.81. The predicted molar refractivity (Wildman–Crippen MR) is 76.5 cm³/mol. The van der Waals surface area contributed by atoms with Gasteiger partial charge in [-0.2, -0.15) is 0 Å². The molecule has 0 aromatic heterocycles. The second-order valence-corrected chi connectivity index (χ2v) is 6.71. The Bertz CT molecular complexity index is 296. The maximum atomic E-state index is 12.9. The average Bonchev–Trinajstić information content (AvgIpc) is 2.34. The van der Waals surface area contributed by atoms with Gasteiger partial charge in [0.15, 0.2) is 0 Å². The molecule has 1 fully saturated rings. The highest BCUT2D eigenvalue weighted by atomic mass is 19.1. The summed E-state index contributed by atoms with van der Waals surface area (Å²) in [7, 11) is 0. The van der Waals surface area contributed by atoms with E-state index in [1.165, 1.54) is 0 Å². The quantitative estimate of drug-likeness (QED) is 0.843. The molecule has 1 amide bonds. The van der Waals surface area contributed by atoms with Crippen LogP contribution in [0.1, 0.15) is 53.4 Å². The lowest BCUT2D eigenvalue weighted by Gasteiger charge is -2.28. The minimum absolute atomic E-state index is 0.195. The number of rotatable bonds is 5. The summed E-state index contributed by atoms with van der Waals surface area (Å²) >= 11 is 0. The Kier molecular flexibility index (Phi) is 6.72. The Morgan fingerprint density at radius 2 is 1.90 bits per heavy atom. The zero-order valence-electron chi connectivity index (χ0n) is 13.1. The maximum absolute atomic E-state index is 12.9. The van der Waals surface area contributed by atoms with Gasteiger partial charge in [0.1, 0.15) is 12.3 Å². The Balaban J connectivity index is 2.27. The molecule has 1 saturated carbocycles. The van der Waals surface area contributed by atoms with Crippen molar-refractivity contribution in [3.8, 4) is 0 Å². The molecule has 1 atom stereocenters. The van der Waals surface area contributed by atoms with Crippen LogP contribution in [0.5, 0.6) is 0 Å². The standard InChI is InChI=1S/C15H28FNO3/c1-11-5-7-13(8-6-11)19-10-12(9-16)17-14(18)20-15(2,3)4/h11-13H,5-10H2,1-4H3,(H,17,18)/t11?,12-,13?/m0/s1. The normalized spacial score (nSPS) is 25.1. The molecule has 0 aliphatic heterocycles. The van der Waals surface area contributed by atoms with Gasteiger partial charge in [0.2, 0.25) is 0 Å². The lowest BCUT2D eigenvalue weighted by Crippen LogP contribution is -2.43. The molecule has 1 aliphatic carbocycles. The third-order valence-electron chi connectivity index (χ3n) is 3.40. The van der Waals surface area contributed by atoms with Crippen LogP contribution >= 0.6 is 0 Å². The molecule has 20 heavy (non-hydrogen) atoms. The Hall–Kier alpha value is -0.840. The van der Waals surface area contributed by atoms with Gasteiger partial charge in [-0.05, 0) is 52.4 Å². The van der Waals surface area contributed by atoms with Crippen LogP contribution in [0.2, 0.25) is 0 Å². The van der Waals surface area contributed by atoms with Crippen molar-refractivity contribution in [2.45, 2.75) is 71.1 Å². The molecular weight excluding hydrogens is 261 g/mol. The highest BCUT2D eigenvalue weighted by Crippen LogP contribution is 2.25. The van der Waals surface area contributed by atoms with E-state index in [9.17, 15) is 9.18 Å². The van der Waals surface area contributed by atoms with E-state index in [0.717, 1.165) is 31.6 Å². The third-order valence-corrected chi connectivity index (χ3v) is 3.40. The average molecular weight is 289 g/mol. The molecule has 0 saturated heterocycles. The van der Waals surface area contributed by atoms with E-state index in [1.54, 1.807) is 20.8 Å². The van der Waals surface area contributed by atoms with Gasteiger partial charge in [-0.15, -0.1) is 0 Å². The molecule has 0 unspecified atom stereocenters. The fraction of sp³-hybridized carbons (Fsp3) is 0.933. The Labute approximate surface area is 121 Å². The van der Waals surface area contributed by atoms with E-state index >= 15 is 0 Å². The first-order valence-electron chi connectivity index (χ1n) is 7.47. The van der Waals surface area contributed by atoms with E-state index < -0.39 is 24.4 Å². The van der Waals surface area contributed by atoms with Crippen LogP contribution in [0.15, 0.2) is 0 Å². The topological polar surface area (TPSA) is 47.6 Å². The largest absolute Gasteiger partial charge is 0.444 e. The first-order valence-corrected chi connectivity index (χ1v) is 7.47. The number of hydrogen-bond acceptors (Lipinski definition) is 3. The number of nitrogens with one attached hydrogen (secondary N) is 1. The van der Waals surface area contributed by atoms with Gasteiger partial charge in [0.05, 0.1) is 18.8 Å². The summed E-state index contributed by atoms with van der Waals surface area (Å²) in [6.45, 7) is 7.12. The van der Waals surface area contributed by atoms with Crippen LogP contribution in [0.4, 0.5) is 9.18 Å². The van der Waals surface area contributed by atoms with Crippen LogP contribution in [0.3, 0.4) is 0 Å². The maximum Gasteiger partial charge on any atom is 0.408 e. The van der Waals surface area contributed by atoms with Crippen LogP contribution in [-0.2, 0) is 9.47 Å². The van der Waals surface area contributed by atoms with E-state index in [-0.39, 0.29) is 12.7 Å². The Morgan fingerprint density at radius 3 is 2.40 bits per heavy atom. The number of alkyl carbamates (subject to hydrolysis) is 1. The van der Waals surface area contributed by atoms with Crippen molar-refractivity contribution < 1.29 is 18.7 Å². The third kappa shape index (κ3) is 7.08. The predicted octanol–water partition coefficient (Wildman–Crippen LogP) is 3.44. The lowest BCUT2D eigenvalue weighted by atomic mass is 9.89. The van der Waals surface area contributed by atoms with Gasteiger partial charge in [-0.3, -0.25) is 0 Å². The summed E-state index contributed by atoms with van der Waals surface area (Å²) in [5, 5.41) is 2.51. The van der Waals surface area contributed by atoms with Crippen molar-refractivity contribution in [2.24, 2.45) is 5.92 Å². The number of ether oxygens (including phenoxy) is 2. The van der Waals surface area contributed by atoms with Crippen LogP contribution in [-0.4, -0.2) is 37.1 Å². The monoisotopic (exact) mass is 289 g/mol. The number of halogens is 1. The van der Waals surface area contributed by atoms with Crippen molar-refractivity contribution in [3.05, 3.63) is 0 Å². The van der Waals surface area contributed by atoms with Gasteiger partial charge < -0.3 is 14.8 Å². The molecule has 0 aromatic rings. The number of carbonyl (C=O) groups excluding carboxylic acids is 1. The van der Waals surface area contributed by atoms with Crippen molar-refractivity contribution >= 4 is 6.09 Å². The van der Waals surface area contributed by atoms with Gasteiger partial charge in [0.25, 0.3) is 0 Å². The minimum atomic E-state index is -0.650. The van der Waals surface area contributed by atoms with Crippen molar-refractivity contribution in [2.75, 3.05) is 13.3 Å². The summed E-state index contributed by atoms with van der Waals surface area (Å²) in [4.78, 5) is 11.6. The fourth-order valence-corrected chi connectivity index (χ4v) is 2.25. The summed E-state index contributed by atoms with van der Waals surface area (Å²) in [5.74, 6) is 0.756. The van der Waals surface area contributed by atoms with E-state index in [0.29, 0.717) is 0 Å². The molecule has 1 aliphatic rings. The smallest absolute Gasteiger partial charge is 0.408 e. The zero-order chi connectivity index (χ0) is 15.2. The molecule has 0 spiro atoms. The summed E-state index contributed by atoms with van der Waals surface area (Å²) in [6, 6.07) is -0.635. The van der Waals surface area contributed by atoms with Crippen LogP contribution in [0.25, 0.3) is 0 Å². The molecule has 0 aromatic carbocycles.